The summed E-state index contributed by atoms with van der Waals surface area (Å²) in [5, 5.41) is 18.4. The molecule has 0 aliphatic rings. The second kappa shape index (κ2) is 5.92. The minimum atomic E-state index is -0.899. The number of rotatable bonds is 4. The van der Waals surface area contributed by atoms with E-state index in [1.54, 1.807) is 6.07 Å². The van der Waals surface area contributed by atoms with Crippen molar-refractivity contribution < 1.29 is 9.66 Å². The Morgan fingerprint density at radius 2 is 2.06 bits per heavy atom. The topological polar surface area (TPSA) is 76.2 Å². The smallest absolute Gasteiger partial charge is 0.312 e. The van der Waals surface area contributed by atoms with E-state index in [1.165, 1.54) is 6.07 Å². The molecule has 0 N–H and O–H groups in total. The van der Waals surface area contributed by atoms with Crippen LogP contribution in [0.2, 0.25) is 10.0 Å². The SMILES string of the molecule is N#CC(Cl)COc1cc(Cl)c(Cl)cc1[N+](=O)[O-]. The normalized spacial score (nSPS) is 11.6. The van der Waals surface area contributed by atoms with Crippen LogP contribution >= 0.6 is 34.8 Å². The molecule has 1 unspecified atom stereocenters. The van der Waals surface area contributed by atoms with E-state index in [0.29, 0.717) is 0 Å². The zero-order valence-electron chi connectivity index (χ0n) is 8.19. The van der Waals surface area contributed by atoms with Crippen molar-refractivity contribution in [3.05, 3.63) is 32.3 Å². The van der Waals surface area contributed by atoms with Crippen LogP contribution in [-0.2, 0) is 0 Å². The van der Waals surface area contributed by atoms with Crippen LogP contribution in [0.5, 0.6) is 5.75 Å². The molecule has 5 nitrogen and oxygen atoms in total. The lowest BCUT2D eigenvalue weighted by Gasteiger charge is -2.07. The molecule has 0 fully saturated rings. The number of nitriles is 1. The minimum absolute atomic E-state index is 0.0495. The van der Waals surface area contributed by atoms with Crippen LogP contribution in [0.15, 0.2) is 12.1 Å². The van der Waals surface area contributed by atoms with Crippen molar-refractivity contribution >= 4 is 40.5 Å². The summed E-state index contributed by atoms with van der Waals surface area (Å²) in [5.41, 5.74) is -0.332. The van der Waals surface area contributed by atoms with Crippen molar-refractivity contribution in [2.45, 2.75) is 5.38 Å². The van der Waals surface area contributed by atoms with Gasteiger partial charge in [-0.15, -0.1) is 11.6 Å². The Morgan fingerprint density at radius 3 is 2.59 bits per heavy atom. The first-order valence-corrected chi connectivity index (χ1v) is 5.45. The number of nitro benzene ring substituents is 1. The standard InChI is InChI=1S/C9H5Cl3N2O3/c10-5(3-13)4-17-9-2-7(12)6(11)1-8(9)14(15)16/h1-2,5H,4H2. The summed E-state index contributed by atoms with van der Waals surface area (Å²) in [6, 6.07) is 4.01. The summed E-state index contributed by atoms with van der Waals surface area (Å²) >= 11 is 16.9. The monoisotopic (exact) mass is 294 g/mol. The van der Waals surface area contributed by atoms with Crippen LogP contribution in [0.3, 0.4) is 0 Å². The molecule has 1 aromatic carbocycles. The van der Waals surface area contributed by atoms with Crippen LogP contribution in [-0.4, -0.2) is 16.9 Å². The van der Waals surface area contributed by atoms with E-state index in [-0.39, 0.29) is 28.1 Å². The van der Waals surface area contributed by atoms with Gasteiger partial charge in [-0.25, -0.2) is 0 Å². The molecule has 0 bridgehead atoms. The van der Waals surface area contributed by atoms with E-state index in [2.05, 4.69) is 0 Å². The van der Waals surface area contributed by atoms with Crippen LogP contribution < -0.4 is 4.74 Å². The van der Waals surface area contributed by atoms with Gasteiger partial charge in [-0.05, 0) is 0 Å². The fraction of sp³-hybridized carbons (Fsp3) is 0.222. The maximum absolute atomic E-state index is 10.7. The van der Waals surface area contributed by atoms with E-state index in [1.807, 2.05) is 0 Å². The Kier molecular flexibility index (Phi) is 4.82. The Balaban J connectivity index is 3.01. The summed E-state index contributed by atoms with van der Waals surface area (Å²) in [4.78, 5) is 10.1. The molecular weight excluding hydrogens is 290 g/mol. The molecule has 1 rings (SSSR count). The third-order valence-corrected chi connectivity index (χ3v) is 2.67. The molecule has 90 valence electrons. The third-order valence-electron chi connectivity index (χ3n) is 1.72. The largest absolute Gasteiger partial charge is 0.484 e. The fourth-order valence-electron chi connectivity index (χ4n) is 0.977. The van der Waals surface area contributed by atoms with Gasteiger partial charge in [0.05, 0.1) is 21.0 Å². The highest BCUT2D eigenvalue weighted by Crippen LogP contribution is 2.35. The Hall–Kier alpha value is -1.22. The van der Waals surface area contributed by atoms with Crippen molar-refractivity contribution in [2.75, 3.05) is 6.61 Å². The highest BCUT2D eigenvalue weighted by Gasteiger charge is 2.19. The zero-order valence-corrected chi connectivity index (χ0v) is 10.5. The zero-order chi connectivity index (χ0) is 13.0. The summed E-state index contributed by atoms with van der Waals surface area (Å²) in [5.74, 6) is -0.0784. The molecule has 0 saturated carbocycles. The lowest BCUT2D eigenvalue weighted by Crippen LogP contribution is -2.10. The Bertz CT molecular complexity index is 487. The molecule has 1 aromatic rings. The number of nitro groups is 1. The van der Waals surface area contributed by atoms with E-state index in [0.717, 1.165) is 6.07 Å². The van der Waals surface area contributed by atoms with E-state index in [4.69, 9.17) is 44.8 Å². The Morgan fingerprint density at radius 1 is 1.47 bits per heavy atom. The van der Waals surface area contributed by atoms with Gasteiger partial charge in [0, 0.05) is 12.1 Å². The molecule has 0 radical (unpaired) electrons. The second-order valence-corrected chi connectivity index (χ2v) is 4.24. The van der Waals surface area contributed by atoms with Gasteiger partial charge in [-0.1, -0.05) is 23.2 Å². The summed E-state index contributed by atoms with van der Waals surface area (Å²) in [6.07, 6.45) is 0. The van der Waals surface area contributed by atoms with Crippen LogP contribution in [0.1, 0.15) is 0 Å². The Labute approximate surface area is 112 Å². The van der Waals surface area contributed by atoms with Gasteiger partial charge in [0.2, 0.25) is 0 Å². The first-order chi connectivity index (χ1) is 7.95. The van der Waals surface area contributed by atoms with Gasteiger partial charge in [0.1, 0.15) is 6.61 Å². The lowest BCUT2D eigenvalue weighted by molar-refractivity contribution is -0.385. The molecule has 0 heterocycles. The van der Waals surface area contributed by atoms with E-state index >= 15 is 0 Å². The number of ether oxygens (including phenoxy) is 1. The van der Waals surface area contributed by atoms with Crippen molar-refractivity contribution in [1.82, 2.24) is 0 Å². The van der Waals surface area contributed by atoms with Crippen molar-refractivity contribution in [2.24, 2.45) is 0 Å². The molecule has 0 aliphatic heterocycles. The molecular formula is C9H5Cl3N2O3. The predicted octanol–water partition coefficient (Wildman–Crippen LogP) is 3.41. The molecule has 0 amide bonds. The van der Waals surface area contributed by atoms with Crippen LogP contribution in [0.25, 0.3) is 0 Å². The number of benzene rings is 1. The number of hydrogen-bond donors (Lipinski definition) is 0. The summed E-state index contributed by atoms with van der Waals surface area (Å²) in [7, 11) is 0. The number of hydrogen-bond acceptors (Lipinski definition) is 4. The highest BCUT2D eigenvalue weighted by molar-refractivity contribution is 6.42. The molecule has 0 aliphatic carbocycles. The number of nitrogens with zero attached hydrogens (tertiary/aromatic N) is 2. The molecule has 0 saturated heterocycles. The number of halogens is 3. The highest BCUT2D eigenvalue weighted by atomic mass is 35.5. The first kappa shape index (κ1) is 13.8. The van der Waals surface area contributed by atoms with Crippen LogP contribution in [0.4, 0.5) is 5.69 Å². The van der Waals surface area contributed by atoms with Gasteiger partial charge in [-0.3, -0.25) is 10.1 Å². The molecule has 0 aromatic heterocycles. The van der Waals surface area contributed by atoms with Gasteiger partial charge in [0.15, 0.2) is 11.1 Å². The third kappa shape index (κ3) is 3.63. The summed E-state index contributed by atoms with van der Waals surface area (Å²) < 4.78 is 5.05. The molecule has 17 heavy (non-hydrogen) atoms. The molecule has 8 heteroatoms. The molecule has 0 spiro atoms. The molecule has 1 atom stereocenters. The summed E-state index contributed by atoms with van der Waals surface area (Å²) in [6.45, 7) is -0.184. The average Bonchev–Trinajstić information content (AvgIpc) is 2.29. The average molecular weight is 296 g/mol. The van der Waals surface area contributed by atoms with Gasteiger partial charge < -0.3 is 4.74 Å². The van der Waals surface area contributed by atoms with Crippen molar-refractivity contribution in [3.63, 3.8) is 0 Å². The second-order valence-electron chi connectivity index (χ2n) is 2.90. The first-order valence-electron chi connectivity index (χ1n) is 4.25. The van der Waals surface area contributed by atoms with E-state index in [9.17, 15) is 10.1 Å². The van der Waals surface area contributed by atoms with E-state index < -0.39 is 10.3 Å². The maximum Gasteiger partial charge on any atom is 0.312 e. The quantitative estimate of drug-likeness (QED) is 0.484. The fourth-order valence-corrected chi connectivity index (χ4v) is 1.35. The van der Waals surface area contributed by atoms with Crippen molar-refractivity contribution in [1.29, 1.82) is 5.26 Å². The van der Waals surface area contributed by atoms with Gasteiger partial charge in [-0.2, -0.15) is 5.26 Å². The van der Waals surface area contributed by atoms with Crippen LogP contribution in [0, 0.1) is 21.4 Å². The van der Waals surface area contributed by atoms with Gasteiger partial charge >= 0.3 is 5.69 Å². The van der Waals surface area contributed by atoms with Crippen molar-refractivity contribution in [3.8, 4) is 11.8 Å². The number of alkyl halides is 1. The maximum atomic E-state index is 10.7. The van der Waals surface area contributed by atoms with Gasteiger partial charge in [0.25, 0.3) is 0 Å². The minimum Gasteiger partial charge on any atom is -0.484 e. The lowest BCUT2D eigenvalue weighted by atomic mass is 10.3. The predicted molar refractivity (Wildman–Crippen MR) is 63.9 cm³/mol.